The molecule has 4 aromatic rings. The van der Waals surface area contributed by atoms with Gasteiger partial charge >= 0.3 is 0 Å². The summed E-state index contributed by atoms with van der Waals surface area (Å²) in [7, 11) is 3.85. The minimum Gasteiger partial charge on any atom is -0.347 e. The Balaban J connectivity index is 0.980. The normalized spacial score (nSPS) is 25.1. The lowest BCUT2D eigenvalue weighted by Crippen LogP contribution is -2.48. The van der Waals surface area contributed by atoms with E-state index in [2.05, 4.69) is 31.5 Å². The second kappa shape index (κ2) is 10.8. The maximum absolute atomic E-state index is 13.3. The van der Waals surface area contributed by atoms with E-state index in [4.69, 9.17) is 10.1 Å². The fourth-order valence-corrected chi connectivity index (χ4v) is 8.76. The molecule has 0 spiro atoms. The minimum absolute atomic E-state index is 0.0237. The van der Waals surface area contributed by atoms with E-state index in [1.165, 1.54) is 29.7 Å². The predicted molar refractivity (Wildman–Crippen MR) is 170 cm³/mol. The van der Waals surface area contributed by atoms with Gasteiger partial charge < -0.3 is 20.4 Å². The van der Waals surface area contributed by atoms with Crippen LogP contribution in [0.4, 0.5) is 17.5 Å². The molecule has 2 bridgehead atoms. The number of carbonyl (C=O) groups is 2. The first-order valence-electron chi connectivity index (χ1n) is 15.6. The lowest BCUT2D eigenvalue weighted by molar-refractivity contribution is -0.139. The molecule has 3 fully saturated rings. The third-order valence-electron chi connectivity index (χ3n) is 9.87. The van der Waals surface area contributed by atoms with Crippen LogP contribution in [0.25, 0.3) is 5.65 Å². The molecule has 2 N–H and O–H groups in total. The first-order chi connectivity index (χ1) is 21.4. The molecule has 1 aromatic carbocycles. The lowest BCUT2D eigenvalue weighted by atomic mass is 9.99. The number of anilines is 3. The molecule has 228 valence electrons. The maximum atomic E-state index is 13.3. The van der Waals surface area contributed by atoms with Crippen LogP contribution in [0, 0.1) is 0 Å². The predicted octanol–water partition coefficient (Wildman–Crippen LogP) is 4.14. The Bertz CT molecular complexity index is 1710. The van der Waals surface area contributed by atoms with E-state index >= 15 is 0 Å². The number of benzene rings is 1. The number of piperazine rings is 1. The number of rotatable bonds is 6. The van der Waals surface area contributed by atoms with Gasteiger partial charge in [-0.15, -0.1) is 16.4 Å². The van der Waals surface area contributed by atoms with E-state index in [0.29, 0.717) is 35.8 Å². The number of fused-ring (bicyclic) bond motifs is 6. The topological polar surface area (TPSA) is 111 Å². The van der Waals surface area contributed by atoms with Crippen LogP contribution in [0.2, 0.25) is 0 Å². The van der Waals surface area contributed by atoms with Crippen molar-refractivity contribution in [3.05, 3.63) is 63.6 Å². The number of nitrogens with zero attached hydrogens (tertiary/aromatic N) is 7. The van der Waals surface area contributed by atoms with E-state index in [0.717, 1.165) is 48.6 Å². The fraction of sp³-hybridized carbons (Fsp3) is 0.469. The van der Waals surface area contributed by atoms with Gasteiger partial charge in [-0.1, -0.05) is 12.1 Å². The molecule has 4 aliphatic rings. The zero-order valence-corrected chi connectivity index (χ0v) is 25.9. The Morgan fingerprint density at radius 1 is 1.05 bits per heavy atom. The number of aromatic nitrogens is 4. The fourth-order valence-electron chi connectivity index (χ4n) is 7.46. The van der Waals surface area contributed by atoms with Gasteiger partial charge in [-0.05, 0) is 80.3 Å². The van der Waals surface area contributed by atoms with Gasteiger partial charge in [-0.25, -0.2) is 9.50 Å². The standard InChI is InChI=1S/C32H37N9O2S/c1-38-14-15-39(2)31(43)26(38)19-7-9-22(10-8-19)34-28-29-33-11-13-41(29)37-32(36-28)40-12-3-4-23(18-40)35-30(42)25-17-24-20-5-6-21(16-20)27(24)44-25/h7-11,13,17,20-21,23,26H,3-6,12,14-16,18H2,1-2H3,(H,35,42)(H,34,36,37)/t20?,21?,23-,26?/m0/s1. The highest BCUT2D eigenvalue weighted by Crippen LogP contribution is 2.55. The number of imidazole rings is 1. The van der Waals surface area contributed by atoms with Gasteiger partial charge in [0.05, 0.1) is 4.88 Å². The van der Waals surface area contributed by atoms with Crippen LogP contribution >= 0.6 is 11.3 Å². The summed E-state index contributed by atoms with van der Waals surface area (Å²) in [5.74, 6) is 2.69. The first kappa shape index (κ1) is 27.5. The number of nitrogens with one attached hydrogen (secondary N) is 2. The molecular formula is C32H37N9O2S. The summed E-state index contributed by atoms with van der Waals surface area (Å²) in [5, 5.41) is 11.5. The van der Waals surface area contributed by atoms with Crippen molar-refractivity contribution in [1.82, 2.24) is 34.7 Å². The van der Waals surface area contributed by atoms with Gasteiger partial charge in [0.25, 0.3) is 5.91 Å². The number of likely N-dealkylation sites (N-methyl/N-ethyl adjacent to an activating group) is 2. The summed E-state index contributed by atoms with van der Waals surface area (Å²) in [6.07, 6.45) is 9.23. The van der Waals surface area contributed by atoms with Crippen LogP contribution in [0.3, 0.4) is 0 Å². The van der Waals surface area contributed by atoms with E-state index in [9.17, 15) is 9.59 Å². The third kappa shape index (κ3) is 4.80. The largest absolute Gasteiger partial charge is 0.347 e. The third-order valence-corrected chi connectivity index (χ3v) is 11.2. The maximum Gasteiger partial charge on any atom is 0.261 e. The van der Waals surface area contributed by atoms with Gasteiger partial charge in [0.2, 0.25) is 11.9 Å². The molecule has 1 saturated carbocycles. The second-order valence-electron chi connectivity index (χ2n) is 12.7. The summed E-state index contributed by atoms with van der Waals surface area (Å²) < 4.78 is 1.74. The molecule has 0 radical (unpaired) electrons. The van der Waals surface area contributed by atoms with E-state index in [-0.39, 0.29) is 23.9 Å². The molecule has 5 heterocycles. The van der Waals surface area contributed by atoms with Crippen LogP contribution < -0.4 is 15.5 Å². The smallest absolute Gasteiger partial charge is 0.261 e. The quantitative estimate of drug-likeness (QED) is 0.335. The Morgan fingerprint density at radius 2 is 1.89 bits per heavy atom. The lowest BCUT2D eigenvalue weighted by Gasteiger charge is -2.37. The van der Waals surface area contributed by atoms with Gasteiger partial charge in [-0.2, -0.15) is 4.98 Å². The zero-order chi connectivity index (χ0) is 29.9. The summed E-state index contributed by atoms with van der Waals surface area (Å²) in [4.78, 5) is 43.9. The van der Waals surface area contributed by atoms with Gasteiger partial charge in [0, 0.05) is 62.2 Å². The molecule has 12 heteroatoms. The molecule has 2 amide bonds. The number of carbonyl (C=O) groups excluding carboxylic acids is 2. The van der Waals surface area contributed by atoms with E-state index in [1.54, 1.807) is 26.9 Å². The first-order valence-corrected chi connectivity index (χ1v) is 16.5. The summed E-state index contributed by atoms with van der Waals surface area (Å²) >= 11 is 1.70. The van der Waals surface area contributed by atoms with Crippen molar-refractivity contribution >= 4 is 46.3 Å². The second-order valence-corrected chi connectivity index (χ2v) is 13.8. The molecule has 44 heavy (non-hydrogen) atoms. The van der Waals surface area contributed by atoms with Gasteiger partial charge in [0.15, 0.2) is 11.5 Å². The molecule has 2 aliphatic carbocycles. The van der Waals surface area contributed by atoms with Crippen molar-refractivity contribution in [3.63, 3.8) is 0 Å². The van der Waals surface area contributed by atoms with Crippen molar-refractivity contribution in [2.24, 2.45) is 0 Å². The van der Waals surface area contributed by atoms with Crippen LogP contribution in [0.15, 0.2) is 42.7 Å². The van der Waals surface area contributed by atoms with Crippen molar-refractivity contribution in [2.45, 2.75) is 56.0 Å². The van der Waals surface area contributed by atoms with Crippen LogP contribution in [0.1, 0.15) is 75.7 Å². The van der Waals surface area contributed by atoms with Crippen LogP contribution in [-0.4, -0.2) is 87.5 Å². The SMILES string of the molecule is CN1CCN(C)C(c2ccc(Nc3nc(N4CCC[C@H](NC(=O)c5cc6c(s5)C5CCC6C5)C4)nn4ccnc34)cc2)C1=O. The van der Waals surface area contributed by atoms with Crippen molar-refractivity contribution < 1.29 is 9.59 Å². The Labute approximate surface area is 260 Å². The molecule has 11 nitrogen and oxygen atoms in total. The summed E-state index contributed by atoms with van der Waals surface area (Å²) in [6.45, 7) is 3.04. The average Bonchev–Trinajstić information content (AvgIpc) is 3.83. The van der Waals surface area contributed by atoms with Crippen LogP contribution in [0.5, 0.6) is 0 Å². The van der Waals surface area contributed by atoms with Crippen molar-refractivity contribution in [2.75, 3.05) is 50.5 Å². The Morgan fingerprint density at radius 3 is 2.73 bits per heavy atom. The molecule has 3 aromatic heterocycles. The van der Waals surface area contributed by atoms with Crippen molar-refractivity contribution in [3.8, 4) is 0 Å². The van der Waals surface area contributed by atoms with Crippen molar-refractivity contribution in [1.29, 1.82) is 0 Å². The summed E-state index contributed by atoms with van der Waals surface area (Å²) in [5.41, 5.74) is 3.87. The molecule has 2 aliphatic heterocycles. The highest BCUT2D eigenvalue weighted by Gasteiger charge is 2.39. The highest BCUT2D eigenvalue weighted by atomic mass is 32.1. The number of thiophene rings is 1. The highest BCUT2D eigenvalue weighted by molar-refractivity contribution is 7.14. The molecule has 8 rings (SSSR count). The molecule has 2 saturated heterocycles. The summed E-state index contributed by atoms with van der Waals surface area (Å²) in [6, 6.07) is 9.85. The number of piperidine rings is 1. The molecule has 3 unspecified atom stereocenters. The number of hydrogen-bond acceptors (Lipinski definition) is 9. The Kier molecular flexibility index (Phi) is 6.78. The van der Waals surface area contributed by atoms with E-state index < -0.39 is 0 Å². The van der Waals surface area contributed by atoms with Gasteiger partial charge in [0.1, 0.15) is 6.04 Å². The van der Waals surface area contributed by atoms with Gasteiger partial charge in [-0.3, -0.25) is 14.5 Å². The molecular weight excluding hydrogens is 574 g/mol. The number of hydrogen-bond donors (Lipinski definition) is 2. The number of amides is 2. The minimum atomic E-state index is -0.282. The van der Waals surface area contributed by atoms with E-state index in [1.807, 2.05) is 44.6 Å². The molecule has 4 atom stereocenters. The Hall–Kier alpha value is -4.03. The average molecular weight is 612 g/mol. The zero-order valence-electron chi connectivity index (χ0n) is 25.1. The van der Waals surface area contributed by atoms with Crippen LogP contribution in [-0.2, 0) is 4.79 Å². The monoisotopic (exact) mass is 611 g/mol.